The molecule has 1 rings (SSSR count). The third-order valence-corrected chi connectivity index (χ3v) is 2.80. The molecule has 0 fully saturated rings. The quantitative estimate of drug-likeness (QED) is 0.729. The molecule has 3 heteroatoms. The number of aromatic nitrogens is 2. The zero-order valence-electron chi connectivity index (χ0n) is 10.8. The van der Waals surface area contributed by atoms with Crippen molar-refractivity contribution in [1.29, 1.82) is 0 Å². The summed E-state index contributed by atoms with van der Waals surface area (Å²) in [4.78, 5) is 7.83. The van der Waals surface area contributed by atoms with Gasteiger partial charge in [-0.2, -0.15) is 0 Å². The van der Waals surface area contributed by atoms with E-state index >= 15 is 0 Å². The molecule has 0 aliphatic carbocycles. The van der Waals surface area contributed by atoms with Gasteiger partial charge >= 0.3 is 0 Å². The predicted octanol–water partition coefficient (Wildman–Crippen LogP) is 2.77. The molecule has 92 valence electrons. The third kappa shape index (κ3) is 4.35. The molecule has 0 radical (unpaired) electrons. The Morgan fingerprint density at radius 1 is 1.19 bits per heavy atom. The van der Waals surface area contributed by atoms with Crippen LogP contribution in [0.15, 0.2) is 6.20 Å². The van der Waals surface area contributed by atoms with E-state index in [1.807, 2.05) is 6.20 Å². The Labute approximate surface area is 98.8 Å². The van der Waals surface area contributed by atoms with Gasteiger partial charge in [-0.1, -0.05) is 33.6 Å². The highest BCUT2D eigenvalue weighted by atomic mass is 14.9. The molecule has 0 aromatic carbocycles. The Morgan fingerprint density at radius 3 is 2.44 bits per heavy atom. The van der Waals surface area contributed by atoms with E-state index in [1.165, 1.54) is 25.0 Å². The maximum absolute atomic E-state index is 5.45. The summed E-state index contributed by atoms with van der Waals surface area (Å²) in [6.45, 7) is 7.41. The Morgan fingerprint density at radius 2 is 1.88 bits per heavy atom. The molecule has 0 aliphatic heterocycles. The normalized spacial score (nSPS) is 12.0. The highest BCUT2D eigenvalue weighted by Crippen LogP contribution is 2.20. The number of rotatable bonds is 6. The topological polar surface area (TPSA) is 54.7 Å². The SMILES string of the molecule is CC(C)(C)c1cnc(CCCCCCN)[nH]1. The number of aromatic amines is 1. The zero-order valence-corrected chi connectivity index (χ0v) is 10.8. The first-order valence-electron chi connectivity index (χ1n) is 6.28. The summed E-state index contributed by atoms with van der Waals surface area (Å²) in [6, 6.07) is 0. The van der Waals surface area contributed by atoms with Gasteiger partial charge in [0.1, 0.15) is 5.82 Å². The summed E-state index contributed by atoms with van der Waals surface area (Å²) in [6.07, 6.45) is 7.87. The number of nitrogens with zero attached hydrogens (tertiary/aromatic N) is 1. The number of aryl methyl sites for hydroxylation is 1. The Kier molecular flexibility index (Phi) is 5.00. The number of nitrogens with two attached hydrogens (primary N) is 1. The predicted molar refractivity (Wildman–Crippen MR) is 68.5 cm³/mol. The van der Waals surface area contributed by atoms with Crippen LogP contribution in [0.2, 0.25) is 0 Å². The van der Waals surface area contributed by atoms with Crippen molar-refractivity contribution in [3.8, 4) is 0 Å². The lowest BCUT2D eigenvalue weighted by molar-refractivity contribution is 0.569. The summed E-state index contributed by atoms with van der Waals surface area (Å²) in [5.74, 6) is 1.12. The number of H-pyrrole nitrogens is 1. The fourth-order valence-electron chi connectivity index (χ4n) is 1.66. The van der Waals surface area contributed by atoms with E-state index in [-0.39, 0.29) is 5.41 Å². The Bertz CT molecular complexity index is 296. The van der Waals surface area contributed by atoms with E-state index in [2.05, 4.69) is 30.7 Å². The van der Waals surface area contributed by atoms with Crippen molar-refractivity contribution in [2.45, 2.75) is 58.3 Å². The van der Waals surface area contributed by atoms with Crippen LogP contribution in [0.3, 0.4) is 0 Å². The molecule has 3 nitrogen and oxygen atoms in total. The second kappa shape index (κ2) is 6.04. The van der Waals surface area contributed by atoms with Crippen LogP contribution in [0.1, 0.15) is 58.0 Å². The molecule has 0 unspecified atom stereocenters. The van der Waals surface area contributed by atoms with E-state index in [1.54, 1.807) is 0 Å². The van der Waals surface area contributed by atoms with Gasteiger partial charge in [-0.15, -0.1) is 0 Å². The number of imidazole rings is 1. The molecule has 1 heterocycles. The van der Waals surface area contributed by atoms with Crippen LogP contribution >= 0.6 is 0 Å². The molecule has 1 aromatic heterocycles. The standard InChI is InChI=1S/C13H25N3/c1-13(2,3)11-10-15-12(16-11)8-6-4-5-7-9-14/h10H,4-9,14H2,1-3H3,(H,15,16). The molecular weight excluding hydrogens is 198 g/mol. The number of unbranched alkanes of at least 4 members (excludes halogenated alkanes) is 3. The van der Waals surface area contributed by atoms with Crippen molar-refractivity contribution >= 4 is 0 Å². The highest BCUT2D eigenvalue weighted by molar-refractivity contribution is 5.11. The van der Waals surface area contributed by atoms with Gasteiger partial charge in [-0.05, 0) is 19.4 Å². The van der Waals surface area contributed by atoms with E-state index in [0.29, 0.717) is 0 Å². The van der Waals surface area contributed by atoms with Crippen molar-refractivity contribution in [1.82, 2.24) is 9.97 Å². The van der Waals surface area contributed by atoms with Crippen molar-refractivity contribution < 1.29 is 0 Å². The molecule has 0 spiro atoms. The highest BCUT2D eigenvalue weighted by Gasteiger charge is 2.15. The van der Waals surface area contributed by atoms with Crippen LogP contribution in [0.25, 0.3) is 0 Å². The van der Waals surface area contributed by atoms with Crippen LogP contribution in [-0.4, -0.2) is 16.5 Å². The number of hydrogen-bond acceptors (Lipinski definition) is 2. The van der Waals surface area contributed by atoms with Gasteiger partial charge in [0.25, 0.3) is 0 Å². The van der Waals surface area contributed by atoms with Crippen molar-refractivity contribution in [2.75, 3.05) is 6.54 Å². The number of nitrogens with one attached hydrogen (secondary N) is 1. The lowest BCUT2D eigenvalue weighted by Crippen LogP contribution is -2.11. The van der Waals surface area contributed by atoms with E-state index < -0.39 is 0 Å². The summed E-state index contributed by atoms with van der Waals surface area (Å²) in [7, 11) is 0. The van der Waals surface area contributed by atoms with Gasteiger partial charge in [0.05, 0.1) is 0 Å². The largest absolute Gasteiger partial charge is 0.345 e. The maximum Gasteiger partial charge on any atom is 0.106 e. The molecular formula is C13H25N3. The fraction of sp³-hybridized carbons (Fsp3) is 0.769. The molecule has 0 saturated carbocycles. The molecule has 16 heavy (non-hydrogen) atoms. The van der Waals surface area contributed by atoms with Crippen LogP contribution in [0.4, 0.5) is 0 Å². The van der Waals surface area contributed by atoms with Gasteiger partial charge in [-0.3, -0.25) is 0 Å². The summed E-state index contributed by atoms with van der Waals surface area (Å²) >= 11 is 0. The molecule has 0 amide bonds. The second-order valence-electron chi connectivity index (χ2n) is 5.45. The van der Waals surface area contributed by atoms with Crippen LogP contribution in [0.5, 0.6) is 0 Å². The molecule has 3 N–H and O–H groups in total. The minimum absolute atomic E-state index is 0.171. The summed E-state index contributed by atoms with van der Waals surface area (Å²) in [5, 5.41) is 0. The van der Waals surface area contributed by atoms with Crippen LogP contribution < -0.4 is 5.73 Å². The van der Waals surface area contributed by atoms with Gasteiger partial charge in [0, 0.05) is 23.7 Å². The average Bonchev–Trinajstić information content (AvgIpc) is 2.65. The average molecular weight is 223 g/mol. The Hall–Kier alpha value is -0.830. The summed E-state index contributed by atoms with van der Waals surface area (Å²) < 4.78 is 0. The monoisotopic (exact) mass is 223 g/mol. The molecule has 0 saturated heterocycles. The van der Waals surface area contributed by atoms with Crippen molar-refractivity contribution in [2.24, 2.45) is 5.73 Å². The first-order valence-corrected chi connectivity index (χ1v) is 6.28. The van der Waals surface area contributed by atoms with Gasteiger partial charge in [-0.25, -0.2) is 4.98 Å². The molecule has 0 atom stereocenters. The van der Waals surface area contributed by atoms with Gasteiger partial charge in [0.15, 0.2) is 0 Å². The van der Waals surface area contributed by atoms with E-state index in [0.717, 1.165) is 25.2 Å². The smallest absolute Gasteiger partial charge is 0.106 e. The second-order valence-corrected chi connectivity index (χ2v) is 5.45. The lowest BCUT2D eigenvalue weighted by Gasteiger charge is -2.15. The van der Waals surface area contributed by atoms with E-state index in [4.69, 9.17) is 5.73 Å². The third-order valence-electron chi connectivity index (χ3n) is 2.80. The Balaban J connectivity index is 2.30. The zero-order chi connectivity index (χ0) is 12.0. The lowest BCUT2D eigenvalue weighted by atomic mass is 9.93. The van der Waals surface area contributed by atoms with Crippen LogP contribution in [0, 0.1) is 0 Å². The molecule has 1 aromatic rings. The van der Waals surface area contributed by atoms with Crippen molar-refractivity contribution in [3.63, 3.8) is 0 Å². The van der Waals surface area contributed by atoms with Gasteiger partial charge < -0.3 is 10.7 Å². The molecule has 0 aliphatic rings. The minimum Gasteiger partial charge on any atom is -0.345 e. The van der Waals surface area contributed by atoms with Gasteiger partial charge in [0.2, 0.25) is 0 Å². The minimum atomic E-state index is 0.171. The maximum atomic E-state index is 5.45. The first kappa shape index (κ1) is 13.2. The summed E-state index contributed by atoms with van der Waals surface area (Å²) in [5.41, 5.74) is 6.85. The fourth-order valence-corrected chi connectivity index (χ4v) is 1.66. The number of hydrogen-bond donors (Lipinski definition) is 2. The van der Waals surface area contributed by atoms with E-state index in [9.17, 15) is 0 Å². The molecule has 0 bridgehead atoms. The van der Waals surface area contributed by atoms with Crippen molar-refractivity contribution in [3.05, 3.63) is 17.7 Å². The first-order chi connectivity index (χ1) is 7.54. The van der Waals surface area contributed by atoms with Crippen LogP contribution in [-0.2, 0) is 11.8 Å².